The van der Waals surface area contributed by atoms with Crippen LogP contribution in [0.1, 0.15) is 29.5 Å². The third-order valence-corrected chi connectivity index (χ3v) is 2.26. The Hall–Kier alpha value is -1.38. The van der Waals surface area contributed by atoms with Crippen molar-refractivity contribution in [1.82, 2.24) is 0 Å². The molecular formula is C11H13FO2. The summed E-state index contributed by atoms with van der Waals surface area (Å²) in [4.78, 5) is 10.7. The summed E-state index contributed by atoms with van der Waals surface area (Å²) in [5.41, 5.74) is 1.63. The summed E-state index contributed by atoms with van der Waals surface area (Å²) in [6.45, 7) is 4.95. The quantitative estimate of drug-likeness (QED) is 0.789. The molecular weight excluding hydrogens is 183 g/mol. The Labute approximate surface area is 82.4 Å². The monoisotopic (exact) mass is 196 g/mol. The lowest BCUT2D eigenvalue weighted by molar-refractivity contribution is -0.138. The highest BCUT2D eigenvalue weighted by atomic mass is 19.1. The van der Waals surface area contributed by atoms with Crippen LogP contribution >= 0.6 is 0 Å². The van der Waals surface area contributed by atoms with Crippen molar-refractivity contribution in [3.8, 4) is 0 Å². The Morgan fingerprint density at radius 1 is 1.43 bits per heavy atom. The van der Waals surface area contributed by atoms with Crippen LogP contribution in [-0.2, 0) is 4.79 Å². The predicted molar refractivity (Wildman–Crippen MR) is 51.9 cm³/mol. The second-order valence-electron chi connectivity index (χ2n) is 3.54. The van der Waals surface area contributed by atoms with Gasteiger partial charge in [-0.05, 0) is 26.3 Å². The molecule has 0 aromatic heterocycles. The summed E-state index contributed by atoms with van der Waals surface area (Å²) in [5.74, 6) is -2.21. The largest absolute Gasteiger partial charge is 0.481 e. The first-order valence-corrected chi connectivity index (χ1v) is 4.43. The second-order valence-corrected chi connectivity index (χ2v) is 3.54. The summed E-state index contributed by atoms with van der Waals surface area (Å²) in [7, 11) is 0. The lowest BCUT2D eigenvalue weighted by Crippen LogP contribution is -2.10. The zero-order valence-electron chi connectivity index (χ0n) is 8.47. The molecule has 3 heteroatoms. The lowest BCUT2D eigenvalue weighted by atomic mass is 9.96. The van der Waals surface area contributed by atoms with Crippen LogP contribution in [-0.4, -0.2) is 11.1 Å². The van der Waals surface area contributed by atoms with Crippen molar-refractivity contribution in [2.75, 3.05) is 0 Å². The van der Waals surface area contributed by atoms with Gasteiger partial charge >= 0.3 is 5.97 Å². The van der Waals surface area contributed by atoms with Crippen LogP contribution in [0.4, 0.5) is 4.39 Å². The lowest BCUT2D eigenvalue weighted by Gasteiger charge is -2.10. The number of benzene rings is 1. The zero-order chi connectivity index (χ0) is 10.9. The molecule has 0 aliphatic heterocycles. The molecule has 0 bridgehead atoms. The Balaban J connectivity index is 3.26. The van der Waals surface area contributed by atoms with Gasteiger partial charge in [0.15, 0.2) is 0 Å². The molecule has 1 aromatic carbocycles. The fourth-order valence-electron chi connectivity index (χ4n) is 1.43. The van der Waals surface area contributed by atoms with Gasteiger partial charge in [-0.25, -0.2) is 4.39 Å². The molecule has 0 saturated heterocycles. The predicted octanol–water partition coefficient (Wildman–Crippen LogP) is 2.63. The molecule has 0 amide bonds. The Kier molecular flexibility index (Phi) is 2.89. The van der Waals surface area contributed by atoms with Crippen molar-refractivity contribution in [1.29, 1.82) is 0 Å². The van der Waals surface area contributed by atoms with Crippen LogP contribution < -0.4 is 0 Å². The second kappa shape index (κ2) is 3.78. The maximum Gasteiger partial charge on any atom is 0.310 e. The van der Waals surface area contributed by atoms with Crippen molar-refractivity contribution in [2.24, 2.45) is 0 Å². The van der Waals surface area contributed by atoms with E-state index in [1.165, 1.54) is 6.92 Å². The summed E-state index contributed by atoms with van der Waals surface area (Å²) < 4.78 is 13.5. The first kappa shape index (κ1) is 10.7. The minimum Gasteiger partial charge on any atom is -0.481 e. The summed E-state index contributed by atoms with van der Waals surface area (Å²) in [6.07, 6.45) is 0. The van der Waals surface area contributed by atoms with E-state index < -0.39 is 17.7 Å². The fourth-order valence-corrected chi connectivity index (χ4v) is 1.43. The zero-order valence-corrected chi connectivity index (χ0v) is 8.47. The highest BCUT2D eigenvalue weighted by molar-refractivity contribution is 5.75. The number of aryl methyl sites for hydroxylation is 2. The number of hydrogen-bond acceptors (Lipinski definition) is 1. The minimum atomic E-state index is -1.01. The SMILES string of the molecule is Cc1cc(C)c(F)c(C(C)C(=O)O)c1. The van der Waals surface area contributed by atoms with Crippen LogP contribution in [0.3, 0.4) is 0 Å². The third-order valence-electron chi connectivity index (χ3n) is 2.26. The van der Waals surface area contributed by atoms with E-state index in [1.54, 1.807) is 19.1 Å². The molecule has 1 unspecified atom stereocenters. The molecule has 1 rings (SSSR count). The van der Waals surface area contributed by atoms with Crippen LogP contribution in [0.25, 0.3) is 0 Å². The molecule has 0 fully saturated rings. The third kappa shape index (κ3) is 1.92. The van der Waals surface area contributed by atoms with E-state index in [1.807, 2.05) is 6.92 Å². The van der Waals surface area contributed by atoms with E-state index in [9.17, 15) is 9.18 Å². The maximum atomic E-state index is 13.5. The molecule has 14 heavy (non-hydrogen) atoms. The summed E-state index contributed by atoms with van der Waals surface area (Å²) >= 11 is 0. The number of aliphatic carboxylic acids is 1. The maximum absolute atomic E-state index is 13.5. The molecule has 0 radical (unpaired) electrons. The highest BCUT2D eigenvalue weighted by Crippen LogP contribution is 2.23. The van der Waals surface area contributed by atoms with E-state index >= 15 is 0 Å². The van der Waals surface area contributed by atoms with Gasteiger partial charge in [0.1, 0.15) is 5.82 Å². The molecule has 76 valence electrons. The fraction of sp³-hybridized carbons (Fsp3) is 0.364. The Morgan fingerprint density at radius 2 is 2.00 bits per heavy atom. The normalized spacial score (nSPS) is 12.6. The molecule has 0 spiro atoms. The first-order chi connectivity index (χ1) is 6.43. The first-order valence-electron chi connectivity index (χ1n) is 4.43. The summed E-state index contributed by atoms with van der Waals surface area (Å²) in [5, 5.41) is 8.77. The van der Waals surface area contributed by atoms with Gasteiger partial charge in [-0.3, -0.25) is 4.79 Å². The van der Waals surface area contributed by atoms with Crippen LogP contribution in [0.15, 0.2) is 12.1 Å². The summed E-state index contributed by atoms with van der Waals surface area (Å²) in [6, 6.07) is 3.29. The number of rotatable bonds is 2. The number of carboxylic acids is 1. The standard InChI is InChI=1S/C11H13FO2/c1-6-4-7(2)10(12)9(5-6)8(3)11(13)14/h4-5,8H,1-3H3,(H,13,14). The van der Waals surface area contributed by atoms with Crippen LogP contribution in [0, 0.1) is 19.7 Å². The average molecular weight is 196 g/mol. The molecule has 1 N–H and O–H groups in total. The van der Waals surface area contributed by atoms with Gasteiger partial charge in [0.2, 0.25) is 0 Å². The van der Waals surface area contributed by atoms with Gasteiger partial charge in [0.25, 0.3) is 0 Å². The van der Waals surface area contributed by atoms with E-state index in [-0.39, 0.29) is 5.56 Å². The van der Waals surface area contributed by atoms with Crippen LogP contribution in [0.5, 0.6) is 0 Å². The van der Waals surface area contributed by atoms with Gasteiger partial charge in [-0.2, -0.15) is 0 Å². The molecule has 1 aromatic rings. The van der Waals surface area contributed by atoms with E-state index in [0.29, 0.717) is 5.56 Å². The molecule has 2 nitrogen and oxygen atoms in total. The molecule has 0 aliphatic carbocycles. The van der Waals surface area contributed by atoms with Gasteiger partial charge in [-0.1, -0.05) is 17.7 Å². The van der Waals surface area contributed by atoms with Gasteiger partial charge in [0.05, 0.1) is 5.92 Å². The van der Waals surface area contributed by atoms with E-state index in [0.717, 1.165) is 5.56 Å². The smallest absolute Gasteiger partial charge is 0.310 e. The number of carboxylic acid groups (broad SMARTS) is 1. The van der Waals surface area contributed by atoms with Crippen molar-refractivity contribution in [2.45, 2.75) is 26.7 Å². The van der Waals surface area contributed by atoms with Gasteiger partial charge < -0.3 is 5.11 Å². The van der Waals surface area contributed by atoms with Crippen molar-refractivity contribution < 1.29 is 14.3 Å². The Morgan fingerprint density at radius 3 is 2.50 bits per heavy atom. The van der Waals surface area contributed by atoms with Gasteiger partial charge in [-0.15, -0.1) is 0 Å². The molecule has 0 saturated carbocycles. The number of hydrogen-bond donors (Lipinski definition) is 1. The topological polar surface area (TPSA) is 37.3 Å². The average Bonchev–Trinajstić information content (AvgIpc) is 2.09. The highest BCUT2D eigenvalue weighted by Gasteiger charge is 2.19. The Bertz CT molecular complexity index is 372. The molecule has 1 atom stereocenters. The minimum absolute atomic E-state index is 0.259. The van der Waals surface area contributed by atoms with Crippen molar-refractivity contribution in [3.05, 3.63) is 34.6 Å². The molecule has 0 aliphatic rings. The van der Waals surface area contributed by atoms with E-state index in [4.69, 9.17) is 5.11 Å². The van der Waals surface area contributed by atoms with Gasteiger partial charge in [0, 0.05) is 5.56 Å². The number of carbonyl (C=O) groups is 1. The van der Waals surface area contributed by atoms with Crippen molar-refractivity contribution in [3.63, 3.8) is 0 Å². The molecule has 0 heterocycles. The van der Waals surface area contributed by atoms with Crippen LogP contribution in [0.2, 0.25) is 0 Å². The number of halogens is 1. The van der Waals surface area contributed by atoms with E-state index in [2.05, 4.69) is 0 Å². The van der Waals surface area contributed by atoms with Crippen molar-refractivity contribution >= 4 is 5.97 Å².